The molecular weight excluding hydrogens is 204 g/mol. The molecule has 0 spiro atoms. The molecular formula is C12H20N2O2. The molecule has 0 aliphatic carbocycles. The number of nitrogens with one attached hydrogen (secondary N) is 1. The van der Waals surface area contributed by atoms with Gasteiger partial charge in [0.05, 0.1) is 19.7 Å². The first-order valence-corrected chi connectivity index (χ1v) is 5.81. The lowest BCUT2D eigenvalue weighted by atomic mass is 10.1. The third kappa shape index (κ3) is 4.65. The number of nitrogens with zero attached hydrogens (tertiary/aromatic N) is 1. The van der Waals surface area contributed by atoms with Gasteiger partial charge in [-0.05, 0) is 19.8 Å². The Labute approximate surface area is 97.3 Å². The highest BCUT2D eigenvalue weighted by Crippen LogP contribution is 2.09. The van der Waals surface area contributed by atoms with Crippen LogP contribution in [0.25, 0.3) is 0 Å². The Hall–Kier alpha value is -1.05. The van der Waals surface area contributed by atoms with Gasteiger partial charge in [-0.2, -0.15) is 0 Å². The minimum Gasteiger partial charge on any atom is -0.465 e. The van der Waals surface area contributed by atoms with Gasteiger partial charge in [-0.15, -0.1) is 6.42 Å². The summed E-state index contributed by atoms with van der Waals surface area (Å²) in [7, 11) is 0. The Balaban J connectivity index is 2.13. The summed E-state index contributed by atoms with van der Waals surface area (Å²) in [5.41, 5.74) is 0. The molecule has 0 bridgehead atoms. The van der Waals surface area contributed by atoms with Crippen LogP contribution in [0.2, 0.25) is 0 Å². The lowest BCUT2D eigenvalue weighted by Crippen LogP contribution is -2.44. The number of rotatable bonds is 5. The monoisotopic (exact) mass is 224 g/mol. The first kappa shape index (κ1) is 13.0. The predicted molar refractivity (Wildman–Crippen MR) is 62.9 cm³/mol. The fourth-order valence-electron chi connectivity index (χ4n) is 1.86. The van der Waals surface area contributed by atoms with E-state index >= 15 is 0 Å². The summed E-state index contributed by atoms with van der Waals surface area (Å²) >= 11 is 0. The quantitative estimate of drug-likeness (QED) is 0.536. The minimum atomic E-state index is -0.173. The molecule has 1 rings (SSSR count). The SMILES string of the molecule is C#CCN1CCC(NCC(=O)OCC)CC1. The maximum atomic E-state index is 11.1. The molecule has 0 radical (unpaired) electrons. The van der Waals surface area contributed by atoms with Crippen LogP contribution in [0.3, 0.4) is 0 Å². The van der Waals surface area contributed by atoms with Crippen LogP contribution in [0.1, 0.15) is 19.8 Å². The summed E-state index contributed by atoms with van der Waals surface area (Å²) < 4.78 is 4.85. The molecule has 0 aromatic rings. The number of likely N-dealkylation sites (tertiary alicyclic amines) is 1. The molecule has 16 heavy (non-hydrogen) atoms. The van der Waals surface area contributed by atoms with Gasteiger partial charge in [-0.25, -0.2) is 0 Å². The standard InChI is InChI=1S/C12H20N2O2/c1-3-7-14-8-5-11(6-9-14)13-10-12(15)16-4-2/h1,11,13H,4-10H2,2H3. The topological polar surface area (TPSA) is 41.6 Å². The third-order valence-electron chi connectivity index (χ3n) is 2.74. The molecule has 1 fully saturated rings. The number of carbonyl (C=O) groups excluding carboxylic acids is 1. The normalized spacial score (nSPS) is 18.0. The predicted octanol–water partition coefficient (Wildman–Crippen LogP) is 0.237. The summed E-state index contributed by atoms with van der Waals surface area (Å²) in [5.74, 6) is 2.48. The van der Waals surface area contributed by atoms with Crippen molar-refractivity contribution in [3.8, 4) is 12.3 Å². The van der Waals surface area contributed by atoms with E-state index in [0.29, 0.717) is 19.2 Å². The fraction of sp³-hybridized carbons (Fsp3) is 0.750. The smallest absolute Gasteiger partial charge is 0.319 e. The van der Waals surface area contributed by atoms with Crippen LogP contribution in [0.5, 0.6) is 0 Å². The van der Waals surface area contributed by atoms with E-state index < -0.39 is 0 Å². The van der Waals surface area contributed by atoms with Gasteiger partial charge in [0.15, 0.2) is 0 Å². The highest BCUT2D eigenvalue weighted by atomic mass is 16.5. The highest BCUT2D eigenvalue weighted by Gasteiger charge is 2.18. The molecule has 1 saturated heterocycles. The maximum Gasteiger partial charge on any atom is 0.319 e. The average Bonchev–Trinajstić information content (AvgIpc) is 2.29. The summed E-state index contributed by atoms with van der Waals surface area (Å²) in [5, 5.41) is 3.22. The number of carbonyl (C=O) groups is 1. The molecule has 1 aliphatic heterocycles. The Kier molecular flexibility index (Phi) is 5.91. The molecule has 1 heterocycles. The van der Waals surface area contributed by atoms with Crippen molar-refractivity contribution in [2.75, 3.05) is 32.8 Å². The van der Waals surface area contributed by atoms with Gasteiger partial charge in [-0.3, -0.25) is 9.69 Å². The summed E-state index contributed by atoms with van der Waals surface area (Å²) in [6.45, 7) is 5.31. The second-order valence-electron chi connectivity index (χ2n) is 3.94. The second-order valence-corrected chi connectivity index (χ2v) is 3.94. The Bertz CT molecular complexity index is 252. The van der Waals surface area contributed by atoms with Crippen molar-refractivity contribution < 1.29 is 9.53 Å². The van der Waals surface area contributed by atoms with Crippen LogP contribution in [0.15, 0.2) is 0 Å². The molecule has 4 heteroatoms. The largest absolute Gasteiger partial charge is 0.465 e. The van der Waals surface area contributed by atoms with Gasteiger partial charge in [-0.1, -0.05) is 5.92 Å². The Morgan fingerprint density at radius 2 is 2.25 bits per heavy atom. The molecule has 4 nitrogen and oxygen atoms in total. The van der Waals surface area contributed by atoms with Crippen LogP contribution in [0.4, 0.5) is 0 Å². The Morgan fingerprint density at radius 1 is 1.56 bits per heavy atom. The van der Waals surface area contributed by atoms with Crippen molar-refractivity contribution in [1.82, 2.24) is 10.2 Å². The fourth-order valence-corrected chi connectivity index (χ4v) is 1.86. The highest BCUT2D eigenvalue weighted by molar-refractivity contribution is 5.71. The van der Waals surface area contributed by atoms with E-state index in [9.17, 15) is 4.79 Å². The number of piperidine rings is 1. The lowest BCUT2D eigenvalue weighted by Gasteiger charge is -2.30. The maximum absolute atomic E-state index is 11.1. The van der Waals surface area contributed by atoms with Crippen molar-refractivity contribution in [1.29, 1.82) is 0 Å². The van der Waals surface area contributed by atoms with Crippen LogP contribution >= 0.6 is 0 Å². The van der Waals surface area contributed by atoms with Gasteiger partial charge in [0.1, 0.15) is 0 Å². The van der Waals surface area contributed by atoms with E-state index in [4.69, 9.17) is 11.2 Å². The average molecular weight is 224 g/mol. The molecule has 1 aliphatic rings. The van der Waals surface area contributed by atoms with Crippen molar-refractivity contribution in [2.24, 2.45) is 0 Å². The van der Waals surface area contributed by atoms with E-state index in [1.165, 1.54) is 0 Å². The van der Waals surface area contributed by atoms with Crippen LogP contribution in [0, 0.1) is 12.3 Å². The van der Waals surface area contributed by atoms with Crippen molar-refractivity contribution in [3.63, 3.8) is 0 Å². The van der Waals surface area contributed by atoms with Gasteiger partial charge in [0, 0.05) is 19.1 Å². The molecule has 0 saturated carbocycles. The second kappa shape index (κ2) is 7.26. The van der Waals surface area contributed by atoms with Gasteiger partial charge >= 0.3 is 5.97 Å². The third-order valence-corrected chi connectivity index (χ3v) is 2.74. The number of esters is 1. The number of ether oxygens (including phenoxy) is 1. The minimum absolute atomic E-state index is 0.173. The van der Waals surface area contributed by atoms with Crippen LogP contribution in [-0.4, -0.2) is 49.7 Å². The van der Waals surface area contributed by atoms with E-state index in [1.807, 2.05) is 6.92 Å². The first-order chi connectivity index (χ1) is 7.76. The van der Waals surface area contributed by atoms with Crippen LogP contribution < -0.4 is 5.32 Å². The number of terminal acetylenes is 1. The van der Waals surface area contributed by atoms with E-state index in [2.05, 4.69) is 16.1 Å². The van der Waals surface area contributed by atoms with Crippen molar-refractivity contribution in [3.05, 3.63) is 0 Å². The van der Waals surface area contributed by atoms with Crippen molar-refractivity contribution >= 4 is 5.97 Å². The Morgan fingerprint density at radius 3 is 2.81 bits per heavy atom. The summed E-state index contributed by atoms with van der Waals surface area (Å²) in [4.78, 5) is 13.4. The summed E-state index contributed by atoms with van der Waals surface area (Å²) in [6, 6.07) is 0.415. The van der Waals surface area contributed by atoms with E-state index in [1.54, 1.807) is 0 Å². The lowest BCUT2D eigenvalue weighted by molar-refractivity contribution is -0.142. The van der Waals surface area contributed by atoms with Crippen molar-refractivity contribution in [2.45, 2.75) is 25.8 Å². The van der Waals surface area contributed by atoms with E-state index in [-0.39, 0.29) is 5.97 Å². The molecule has 0 aromatic carbocycles. The first-order valence-electron chi connectivity index (χ1n) is 5.81. The zero-order valence-corrected chi connectivity index (χ0v) is 9.87. The molecule has 0 unspecified atom stereocenters. The summed E-state index contributed by atoms with van der Waals surface area (Å²) in [6.07, 6.45) is 7.34. The molecule has 0 amide bonds. The zero-order chi connectivity index (χ0) is 11.8. The van der Waals surface area contributed by atoms with Gasteiger partial charge in [0.2, 0.25) is 0 Å². The number of hydrogen-bond donors (Lipinski definition) is 1. The number of hydrogen-bond acceptors (Lipinski definition) is 4. The molecule has 1 N–H and O–H groups in total. The molecule has 0 atom stereocenters. The van der Waals surface area contributed by atoms with Gasteiger partial charge in [0.25, 0.3) is 0 Å². The zero-order valence-electron chi connectivity index (χ0n) is 9.87. The van der Waals surface area contributed by atoms with E-state index in [0.717, 1.165) is 32.5 Å². The molecule has 90 valence electrons. The molecule has 0 aromatic heterocycles. The van der Waals surface area contributed by atoms with Gasteiger partial charge < -0.3 is 10.1 Å². The van der Waals surface area contributed by atoms with Crippen LogP contribution in [-0.2, 0) is 9.53 Å².